The Morgan fingerprint density at radius 2 is 2.00 bits per heavy atom. The highest BCUT2D eigenvalue weighted by Gasteiger charge is 2.06. The van der Waals surface area contributed by atoms with Crippen LogP contribution in [0.4, 0.5) is 5.69 Å². The first-order chi connectivity index (χ1) is 7.68. The number of benzene rings is 2. The summed E-state index contributed by atoms with van der Waals surface area (Å²) in [6.07, 6.45) is 0. The number of phenolic OH excluding ortho intramolecular Hbond substituents is 1. The van der Waals surface area contributed by atoms with Gasteiger partial charge in [-0.3, -0.25) is 5.73 Å². The predicted molar refractivity (Wildman–Crippen MR) is 65.4 cm³/mol. The van der Waals surface area contributed by atoms with E-state index in [1.807, 2.05) is 30.3 Å². The molecular formula is C11H10N3OS+. The number of phenols is 1. The first kappa shape index (κ1) is 10.5. The van der Waals surface area contributed by atoms with E-state index in [1.165, 1.54) is 0 Å². The Bertz CT molecular complexity index is 580. The second-order valence-electron chi connectivity index (χ2n) is 3.24. The van der Waals surface area contributed by atoms with Crippen molar-refractivity contribution in [2.75, 3.05) is 0 Å². The lowest BCUT2D eigenvalue weighted by atomic mass is 10.1. The fourth-order valence-corrected chi connectivity index (χ4v) is 1.52. The Hall–Kier alpha value is -2.01. The van der Waals surface area contributed by atoms with Gasteiger partial charge < -0.3 is 5.11 Å². The van der Waals surface area contributed by atoms with Crippen molar-refractivity contribution in [2.24, 2.45) is 10.8 Å². The van der Waals surface area contributed by atoms with Crippen LogP contribution in [-0.2, 0) is 0 Å². The van der Waals surface area contributed by atoms with E-state index in [2.05, 4.69) is 22.4 Å². The highest BCUT2D eigenvalue weighted by Crippen LogP contribution is 2.33. The molecule has 16 heavy (non-hydrogen) atoms. The van der Waals surface area contributed by atoms with E-state index in [-0.39, 0.29) is 10.9 Å². The largest absolute Gasteiger partial charge is 0.506 e. The van der Waals surface area contributed by atoms with Crippen LogP contribution >= 0.6 is 12.2 Å². The third-order valence-corrected chi connectivity index (χ3v) is 2.25. The minimum Gasteiger partial charge on any atom is -0.506 e. The number of nitrogens with zero attached hydrogens (tertiary/aromatic N) is 1. The summed E-state index contributed by atoms with van der Waals surface area (Å²) in [4.78, 5) is 0. The molecule has 2 aromatic rings. The predicted octanol–water partition coefficient (Wildman–Crippen LogP) is 0.953. The van der Waals surface area contributed by atoms with Gasteiger partial charge in [0.25, 0.3) is 0 Å². The van der Waals surface area contributed by atoms with E-state index in [1.54, 1.807) is 6.07 Å². The van der Waals surface area contributed by atoms with Crippen LogP contribution in [0.1, 0.15) is 0 Å². The second-order valence-corrected chi connectivity index (χ2v) is 3.68. The van der Waals surface area contributed by atoms with Crippen LogP contribution in [0.25, 0.3) is 10.8 Å². The maximum atomic E-state index is 9.70. The van der Waals surface area contributed by atoms with Gasteiger partial charge in [0.1, 0.15) is 5.75 Å². The molecule has 0 radical (unpaired) electrons. The fraction of sp³-hybridized carbons (Fsp3) is 0. The number of hydrogen-bond donors (Lipinski definition) is 3. The van der Waals surface area contributed by atoms with Crippen LogP contribution in [0.5, 0.6) is 5.75 Å². The molecule has 0 saturated heterocycles. The van der Waals surface area contributed by atoms with Crippen molar-refractivity contribution in [3.8, 4) is 5.75 Å². The molecule has 0 atom stereocenters. The Kier molecular flexibility index (Phi) is 2.78. The maximum absolute atomic E-state index is 9.70. The zero-order valence-corrected chi connectivity index (χ0v) is 9.16. The van der Waals surface area contributed by atoms with Crippen LogP contribution < -0.4 is 10.8 Å². The van der Waals surface area contributed by atoms with Gasteiger partial charge in [0.2, 0.25) is 0 Å². The molecule has 80 valence electrons. The zero-order chi connectivity index (χ0) is 11.5. The van der Waals surface area contributed by atoms with E-state index in [0.29, 0.717) is 5.69 Å². The fourth-order valence-electron chi connectivity index (χ4n) is 1.47. The number of nitrogens with two attached hydrogens (primary N) is 1. The van der Waals surface area contributed by atoms with E-state index in [4.69, 9.17) is 5.73 Å². The molecule has 5 heteroatoms. The van der Waals surface area contributed by atoms with Crippen molar-refractivity contribution in [2.45, 2.75) is 0 Å². The van der Waals surface area contributed by atoms with E-state index < -0.39 is 0 Å². The minimum absolute atomic E-state index is 0.0623. The average Bonchev–Trinajstić information content (AvgIpc) is 2.27. The van der Waals surface area contributed by atoms with Gasteiger partial charge in [-0.2, -0.15) is 0 Å². The molecule has 0 saturated carbocycles. The molecule has 0 unspecified atom stereocenters. The lowest BCUT2D eigenvalue weighted by Gasteiger charge is -2.01. The first-order valence-electron chi connectivity index (χ1n) is 4.65. The molecule has 0 spiro atoms. The first-order valence-corrected chi connectivity index (χ1v) is 5.06. The Labute approximate surface area is 97.4 Å². The van der Waals surface area contributed by atoms with Crippen LogP contribution in [0, 0.1) is 0 Å². The van der Waals surface area contributed by atoms with Crippen molar-refractivity contribution < 1.29 is 10.2 Å². The van der Waals surface area contributed by atoms with Gasteiger partial charge in [-0.25, -0.2) is 0 Å². The summed E-state index contributed by atoms with van der Waals surface area (Å²) in [5.41, 5.74) is 5.72. The van der Waals surface area contributed by atoms with Crippen molar-refractivity contribution in [1.29, 1.82) is 0 Å². The van der Waals surface area contributed by atoms with Crippen molar-refractivity contribution in [3.63, 3.8) is 0 Å². The van der Waals surface area contributed by atoms with Crippen LogP contribution in [0.15, 0.2) is 41.5 Å². The number of rotatable bonds is 1. The van der Waals surface area contributed by atoms with Gasteiger partial charge in [0, 0.05) is 17.6 Å². The van der Waals surface area contributed by atoms with Crippen LogP contribution in [-0.4, -0.2) is 10.2 Å². The molecule has 4 nitrogen and oxygen atoms in total. The third-order valence-electron chi connectivity index (χ3n) is 2.16. The lowest BCUT2D eigenvalue weighted by molar-refractivity contribution is -0.395. The number of azo groups is 1. The van der Waals surface area contributed by atoms with Gasteiger partial charge in [0.05, 0.1) is 0 Å². The number of hydrogen-bond acceptors (Lipinski definition) is 3. The monoisotopic (exact) mass is 232 g/mol. The number of fused-ring (bicyclic) bond motifs is 1. The van der Waals surface area contributed by atoms with Crippen molar-refractivity contribution in [1.82, 2.24) is 0 Å². The molecular weight excluding hydrogens is 222 g/mol. The summed E-state index contributed by atoms with van der Waals surface area (Å²) in [7, 11) is 0. The van der Waals surface area contributed by atoms with E-state index in [9.17, 15) is 5.11 Å². The Morgan fingerprint density at radius 1 is 1.25 bits per heavy atom. The van der Waals surface area contributed by atoms with Gasteiger partial charge in [-0.15, -0.1) is 5.11 Å². The molecule has 4 N–H and O–H groups in total. The summed E-state index contributed by atoms with van der Waals surface area (Å²) in [5, 5.41) is 18.0. The molecule has 0 bridgehead atoms. The molecule has 2 rings (SSSR count). The Balaban J connectivity index is 2.66. The summed E-state index contributed by atoms with van der Waals surface area (Å²) >= 11 is 4.65. The van der Waals surface area contributed by atoms with Crippen molar-refractivity contribution in [3.05, 3.63) is 36.4 Å². The maximum Gasteiger partial charge on any atom is 0.360 e. The number of aromatic hydroxyl groups is 1. The summed E-state index contributed by atoms with van der Waals surface area (Å²) in [5.74, 6) is 0.0856. The summed E-state index contributed by atoms with van der Waals surface area (Å²) in [6, 6.07) is 11.0. The highest BCUT2D eigenvalue weighted by atomic mass is 32.1. The summed E-state index contributed by atoms with van der Waals surface area (Å²) in [6.45, 7) is 0. The number of nitrogens with one attached hydrogen (secondary N) is 1. The average molecular weight is 232 g/mol. The topological polar surface area (TPSA) is 72.6 Å². The molecule has 2 aromatic carbocycles. The SMILES string of the molecule is NC(=S)[NH+]=Nc1c(O)ccc2ccccc12. The lowest BCUT2D eigenvalue weighted by Crippen LogP contribution is -2.73. The Morgan fingerprint density at radius 3 is 2.75 bits per heavy atom. The molecule has 0 aromatic heterocycles. The third kappa shape index (κ3) is 1.99. The molecule has 0 aliphatic carbocycles. The second kappa shape index (κ2) is 4.24. The standard InChI is InChI=1S/C11H9N3OS/c12-11(16)14-13-10-8-4-2-1-3-7(8)5-6-9(10)15/h1-6,15H,(H2,12,16)/p+1. The zero-order valence-electron chi connectivity index (χ0n) is 8.34. The molecule has 0 fully saturated rings. The van der Waals surface area contributed by atoms with Gasteiger partial charge in [-0.1, -0.05) is 35.4 Å². The molecule has 0 heterocycles. The van der Waals surface area contributed by atoms with Gasteiger partial charge >= 0.3 is 5.11 Å². The van der Waals surface area contributed by atoms with E-state index in [0.717, 1.165) is 10.8 Å². The highest BCUT2D eigenvalue weighted by molar-refractivity contribution is 7.79. The van der Waals surface area contributed by atoms with Crippen molar-refractivity contribution >= 4 is 33.8 Å². The quantitative estimate of drug-likeness (QED) is 0.506. The van der Waals surface area contributed by atoms with Gasteiger partial charge in [0.15, 0.2) is 5.69 Å². The van der Waals surface area contributed by atoms with E-state index >= 15 is 0 Å². The molecule has 0 aliphatic rings. The normalized spacial score (nSPS) is 11.0. The smallest absolute Gasteiger partial charge is 0.360 e. The number of thiocarbonyl (C=S) groups is 1. The molecule has 0 aliphatic heterocycles. The van der Waals surface area contributed by atoms with Crippen LogP contribution in [0.2, 0.25) is 0 Å². The van der Waals surface area contributed by atoms with Crippen LogP contribution in [0.3, 0.4) is 0 Å². The summed E-state index contributed by atoms with van der Waals surface area (Å²) < 4.78 is 0. The minimum atomic E-state index is 0.0623. The van der Waals surface area contributed by atoms with Gasteiger partial charge in [-0.05, 0) is 11.5 Å². The molecule has 0 amide bonds.